The van der Waals surface area contributed by atoms with Crippen LogP contribution < -0.4 is 9.47 Å². The summed E-state index contributed by atoms with van der Waals surface area (Å²) in [6.07, 6.45) is 1.84. The summed E-state index contributed by atoms with van der Waals surface area (Å²) < 4.78 is 17.8. The lowest BCUT2D eigenvalue weighted by molar-refractivity contribution is 0.0239. The van der Waals surface area contributed by atoms with Gasteiger partial charge in [0.1, 0.15) is 18.2 Å². The number of ketones is 1. The topological polar surface area (TPSA) is 51.2 Å². The summed E-state index contributed by atoms with van der Waals surface area (Å²) >= 11 is 0. The van der Waals surface area contributed by atoms with Crippen molar-refractivity contribution in [1.82, 2.24) is 9.80 Å². The highest BCUT2D eigenvalue weighted by molar-refractivity contribution is 6.15. The van der Waals surface area contributed by atoms with Gasteiger partial charge in [-0.2, -0.15) is 0 Å². The first-order chi connectivity index (χ1) is 17.7. The number of allylic oxidation sites excluding steroid dienone is 1. The molecule has 0 atom stereocenters. The fourth-order valence-corrected chi connectivity index (χ4v) is 5.08. The van der Waals surface area contributed by atoms with Crippen LogP contribution in [-0.4, -0.2) is 61.7 Å². The maximum Gasteiger partial charge on any atom is 0.232 e. The average Bonchev–Trinajstić information content (AvgIpc) is 3.25. The molecule has 1 fully saturated rings. The molecule has 0 amide bonds. The maximum absolute atomic E-state index is 13.3. The summed E-state index contributed by atoms with van der Waals surface area (Å²) in [7, 11) is 0. The fraction of sp³-hybridized carbons (Fsp3) is 0.300. The van der Waals surface area contributed by atoms with Crippen molar-refractivity contribution < 1.29 is 19.0 Å². The van der Waals surface area contributed by atoms with Gasteiger partial charge in [-0.3, -0.25) is 14.6 Å². The standard InChI is InChI=1S/C30H30N2O4/c1-21-17-26-25(19-32(20-35-26)12-11-31-13-15-34-16-14-31)30-28(21)29(33)27(36-30)18-22-7-9-24(10-8-22)23-5-3-2-4-6-23/h2-10,17-18H,11-16,19-20H2,1H3/b27-18-. The van der Waals surface area contributed by atoms with Crippen molar-refractivity contribution in [2.45, 2.75) is 13.5 Å². The van der Waals surface area contributed by atoms with Crippen LogP contribution in [0.2, 0.25) is 0 Å². The Morgan fingerprint density at radius 2 is 1.64 bits per heavy atom. The van der Waals surface area contributed by atoms with Crippen LogP contribution in [0.1, 0.15) is 27.0 Å². The maximum atomic E-state index is 13.3. The lowest BCUT2D eigenvalue weighted by Crippen LogP contribution is -2.43. The first kappa shape index (κ1) is 23.0. The van der Waals surface area contributed by atoms with Gasteiger partial charge in [-0.25, -0.2) is 0 Å². The molecule has 0 bridgehead atoms. The molecule has 1 saturated heterocycles. The summed E-state index contributed by atoms with van der Waals surface area (Å²) in [5.41, 5.74) is 5.73. The van der Waals surface area contributed by atoms with Crippen LogP contribution >= 0.6 is 0 Å². The van der Waals surface area contributed by atoms with E-state index in [9.17, 15) is 4.79 Å². The molecule has 184 valence electrons. The predicted octanol–water partition coefficient (Wildman–Crippen LogP) is 4.76. The zero-order valence-electron chi connectivity index (χ0n) is 20.5. The minimum atomic E-state index is -0.0668. The molecule has 3 aliphatic rings. The second-order valence-electron chi connectivity index (χ2n) is 9.58. The molecule has 3 heterocycles. The Morgan fingerprint density at radius 3 is 2.42 bits per heavy atom. The number of carbonyl (C=O) groups is 1. The molecule has 3 aliphatic heterocycles. The Kier molecular flexibility index (Phi) is 6.32. The van der Waals surface area contributed by atoms with Crippen molar-refractivity contribution in [2.24, 2.45) is 0 Å². The van der Waals surface area contributed by atoms with E-state index in [0.717, 1.165) is 73.0 Å². The summed E-state index contributed by atoms with van der Waals surface area (Å²) in [6, 6.07) is 20.4. The molecule has 0 radical (unpaired) electrons. The third-order valence-electron chi connectivity index (χ3n) is 7.14. The Labute approximate surface area is 211 Å². The minimum absolute atomic E-state index is 0.0668. The molecule has 6 heteroatoms. The molecule has 6 nitrogen and oxygen atoms in total. The second kappa shape index (κ2) is 9.90. The molecule has 3 aromatic carbocycles. The minimum Gasteiger partial charge on any atom is -0.478 e. The van der Waals surface area contributed by atoms with Crippen molar-refractivity contribution in [3.8, 4) is 22.6 Å². The van der Waals surface area contributed by atoms with Crippen LogP contribution in [0, 0.1) is 6.92 Å². The van der Waals surface area contributed by atoms with Gasteiger partial charge in [0.25, 0.3) is 0 Å². The monoisotopic (exact) mass is 482 g/mol. The third-order valence-corrected chi connectivity index (χ3v) is 7.14. The van der Waals surface area contributed by atoms with Gasteiger partial charge in [0, 0.05) is 32.7 Å². The third kappa shape index (κ3) is 4.55. The van der Waals surface area contributed by atoms with Crippen LogP contribution in [-0.2, 0) is 11.3 Å². The van der Waals surface area contributed by atoms with E-state index in [1.165, 1.54) is 0 Å². The van der Waals surface area contributed by atoms with Gasteiger partial charge in [-0.15, -0.1) is 0 Å². The van der Waals surface area contributed by atoms with E-state index < -0.39 is 0 Å². The molecule has 0 N–H and O–H groups in total. The van der Waals surface area contributed by atoms with E-state index in [1.807, 2.05) is 49.4 Å². The quantitative estimate of drug-likeness (QED) is 0.489. The molecule has 6 rings (SSSR count). The van der Waals surface area contributed by atoms with Crippen LogP contribution in [0.5, 0.6) is 11.5 Å². The number of benzene rings is 3. The smallest absolute Gasteiger partial charge is 0.232 e. The number of rotatable bonds is 5. The first-order valence-electron chi connectivity index (χ1n) is 12.6. The number of fused-ring (bicyclic) bond motifs is 3. The van der Waals surface area contributed by atoms with E-state index in [0.29, 0.717) is 30.3 Å². The second-order valence-corrected chi connectivity index (χ2v) is 9.58. The SMILES string of the molecule is Cc1cc2c(c3c1C(=O)/C(=C/c1ccc(-c4ccccc4)cc1)O3)CN(CCN1CCOCC1)CO2. The van der Waals surface area contributed by atoms with Gasteiger partial charge in [0.15, 0.2) is 5.76 Å². The number of Topliss-reactive ketones (excluding diaryl/α,β-unsaturated/α-hetero) is 1. The molecule has 0 saturated carbocycles. The lowest BCUT2D eigenvalue weighted by Gasteiger charge is -2.33. The zero-order valence-corrected chi connectivity index (χ0v) is 20.5. The zero-order chi connectivity index (χ0) is 24.5. The van der Waals surface area contributed by atoms with Crippen LogP contribution in [0.4, 0.5) is 0 Å². The van der Waals surface area contributed by atoms with Gasteiger partial charge >= 0.3 is 0 Å². The Balaban J connectivity index is 1.21. The van der Waals surface area contributed by atoms with Crippen LogP contribution in [0.3, 0.4) is 0 Å². The van der Waals surface area contributed by atoms with E-state index in [2.05, 4.69) is 34.1 Å². The van der Waals surface area contributed by atoms with Gasteiger partial charge in [-0.05, 0) is 41.3 Å². The number of nitrogens with zero attached hydrogens (tertiary/aromatic N) is 2. The van der Waals surface area contributed by atoms with Crippen molar-refractivity contribution >= 4 is 11.9 Å². The molecular formula is C30H30N2O4. The van der Waals surface area contributed by atoms with Gasteiger partial charge in [-0.1, -0.05) is 54.6 Å². The summed E-state index contributed by atoms with van der Waals surface area (Å²) in [5, 5.41) is 0. The van der Waals surface area contributed by atoms with Crippen LogP contribution in [0.25, 0.3) is 17.2 Å². The number of hydrogen-bond donors (Lipinski definition) is 0. The summed E-state index contributed by atoms with van der Waals surface area (Å²) in [4.78, 5) is 18.0. The molecule has 3 aromatic rings. The highest BCUT2D eigenvalue weighted by Crippen LogP contribution is 2.44. The Bertz CT molecular complexity index is 1290. The van der Waals surface area contributed by atoms with Crippen molar-refractivity contribution in [3.63, 3.8) is 0 Å². The average molecular weight is 483 g/mol. The molecule has 0 aromatic heterocycles. The van der Waals surface area contributed by atoms with Crippen molar-refractivity contribution in [2.75, 3.05) is 46.1 Å². The number of hydrogen-bond acceptors (Lipinski definition) is 6. The van der Waals surface area contributed by atoms with Crippen molar-refractivity contribution in [3.05, 3.63) is 88.7 Å². The normalized spacial score (nSPS) is 19.0. The van der Waals surface area contributed by atoms with Crippen molar-refractivity contribution in [1.29, 1.82) is 0 Å². The van der Waals surface area contributed by atoms with Gasteiger partial charge in [0.05, 0.1) is 24.3 Å². The number of ether oxygens (including phenoxy) is 3. The summed E-state index contributed by atoms with van der Waals surface area (Å²) in [5.74, 6) is 1.76. The highest BCUT2D eigenvalue weighted by atomic mass is 16.5. The van der Waals surface area contributed by atoms with E-state index in [-0.39, 0.29) is 5.78 Å². The molecule has 0 aliphatic carbocycles. The summed E-state index contributed by atoms with van der Waals surface area (Å²) in [6.45, 7) is 8.60. The molecular weight excluding hydrogens is 452 g/mol. The fourth-order valence-electron chi connectivity index (χ4n) is 5.08. The van der Waals surface area contributed by atoms with E-state index >= 15 is 0 Å². The van der Waals surface area contributed by atoms with Crippen LogP contribution in [0.15, 0.2) is 66.4 Å². The highest BCUT2D eigenvalue weighted by Gasteiger charge is 2.35. The van der Waals surface area contributed by atoms with Gasteiger partial charge in [0.2, 0.25) is 5.78 Å². The molecule has 36 heavy (non-hydrogen) atoms. The predicted molar refractivity (Wildman–Crippen MR) is 139 cm³/mol. The Hall–Kier alpha value is -3.45. The Morgan fingerprint density at radius 1 is 0.917 bits per heavy atom. The first-order valence-corrected chi connectivity index (χ1v) is 12.6. The molecule has 0 spiro atoms. The molecule has 0 unspecified atom stereocenters. The number of morpholine rings is 1. The number of carbonyl (C=O) groups excluding carboxylic acids is 1. The van der Waals surface area contributed by atoms with E-state index in [1.54, 1.807) is 0 Å². The van der Waals surface area contributed by atoms with E-state index in [4.69, 9.17) is 14.2 Å². The number of aryl methyl sites for hydroxylation is 1. The lowest BCUT2D eigenvalue weighted by atomic mass is 9.98. The largest absolute Gasteiger partial charge is 0.478 e. The van der Waals surface area contributed by atoms with Gasteiger partial charge < -0.3 is 14.2 Å².